The minimum atomic E-state index is -0.601. The summed E-state index contributed by atoms with van der Waals surface area (Å²) in [6, 6.07) is 14.0. The van der Waals surface area contributed by atoms with Crippen LogP contribution in [0.15, 0.2) is 48.5 Å². The average molecular weight is 478 g/mol. The average Bonchev–Trinajstić information content (AvgIpc) is 3.09. The Morgan fingerprint density at radius 3 is 2.11 bits per heavy atom. The largest absolute Gasteiger partial charge is 0.352 e. The number of hydrogen-bond acceptors (Lipinski definition) is 4. The van der Waals surface area contributed by atoms with Gasteiger partial charge in [0.1, 0.15) is 6.04 Å². The van der Waals surface area contributed by atoms with Crippen molar-refractivity contribution in [3.8, 4) is 0 Å². The number of fused-ring (bicyclic) bond motifs is 1. The van der Waals surface area contributed by atoms with Gasteiger partial charge in [0.2, 0.25) is 11.8 Å². The topological polar surface area (TPSA) is 86.8 Å². The van der Waals surface area contributed by atoms with E-state index < -0.39 is 6.04 Å². The summed E-state index contributed by atoms with van der Waals surface area (Å²) in [5, 5.41) is 3.01. The molecule has 186 valence electrons. The Hall–Kier alpha value is -3.48. The monoisotopic (exact) mass is 477 g/mol. The van der Waals surface area contributed by atoms with Crippen LogP contribution < -0.4 is 5.32 Å². The van der Waals surface area contributed by atoms with E-state index in [2.05, 4.69) is 5.32 Å². The lowest BCUT2D eigenvalue weighted by Crippen LogP contribution is -2.50. The highest BCUT2D eigenvalue weighted by molar-refractivity contribution is 6.21. The van der Waals surface area contributed by atoms with Crippen molar-refractivity contribution in [3.63, 3.8) is 0 Å². The quantitative estimate of drug-likeness (QED) is 0.494. The van der Waals surface area contributed by atoms with Crippen molar-refractivity contribution < 1.29 is 19.2 Å². The number of aryl methyl sites for hydroxylation is 1. The van der Waals surface area contributed by atoms with Crippen molar-refractivity contribution in [1.29, 1.82) is 0 Å². The maximum Gasteiger partial charge on any atom is 0.261 e. The van der Waals surface area contributed by atoms with Crippen LogP contribution in [0.2, 0.25) is 0 Å². The van der Waals surface area contributed by atoms with E-state index in [0.29, 0.717) is 30.5 Å². The summed E-state index contributed by atoms with van der Waals surface area (Å²) in [6.07, 6.45) is 1.75. The molecule has 2 atom stereocenters. The third-order valence-electron chi connectivity index (χ3n) is 6.64. The van der Waals surface area contributed by atoms with Gasteiger partial charge < -0.3 is 10.2 Å². The van der Waals surface area contributed by atoms with E-state index >= 15 is 0 Å². The molecule has 0 fully saturated rings. The summed E-state index contributed by atoms with van der Waals surface area (Å²) in [6.45, 7) is 8.32. The van der Waals surface area contributed by atoms with E-state index in [0.717, 1.165) is 17.5 Å². The molecule has 0 aromatic heterocycles. The molecule has 0 saturated heterocycles. The number of benzene rings is 2. The molecule has 0 unspecified atom stereocenters. The minimum absolute atomic E-state index is 0.0146. The molecule has 0 saturated carbocycles. The summed E-state index contributed by atoms with van der Waals surface area (Å²) in [5.41, 5.74) is 2.83. The number of rotatable bonds is 11. The number of carbonyl (C=O) groups excluding carboxylic acids is 4. The van der Waals surface area contributed by atoms with E-state index in [1.54, 1.807) is 29.2 Å². The maximum absolute atomic E-state index is 13.4. The zero-order valence-electron chi connectivity index (χ0n) is 21.0. The van der Waals surface area contributed by atoms with Gasteiger partial charge in [-0.25, -0.2) is 0 Å². The van der Waals surface area contributed by atoms with Gasteiger partial charge in [0.05, 0.1) is 11.1 Å². The molecule has 7 heteroatoms. The van der Waals surface area contributed by atoms with Crippen LogP contribution >= 0.6 is 0 Å². The van der Waals surface area contributed by atoms with E-state index in [1.807, 2.05) is 52.0 Å². The molecule has 1 aliphatic heterocycles. The van der Waals surface area contributed by atoms with Gasteiger partial charge in [-0.2, -0.15) is 0 Å². The number of amides is 4. The summed E-state index contributed by atoms with van der Waals surface area (Å²) in [4.78, 5) is 54.6. The Morgan fingerprint density at radius 1 is 0.943 bits per heavy atom. The van der Waals surface area contributed by atoms with Gasteiger partial charge in [-0.05, 0) is 56.4 Å². The number of carbonyl (C=O) groups is 4. The fourth-order valence-corrected chi connectivity index (χ4v) is 4.31. The second-order valence-electron chi connectivity index (χ2n) is 9.10. The molecule has 2 aromatic rings. The van der Waals surface area contributed by atoms with Crippen LogP contribution in [0.1, 0.15) is 78.3 Å². The van der Waals surface area contributed by atoms with Crippen molar-refractivity contribution >= 4 is 23.6 Å². The SMILES string of the molecule is CC[C@H](C)NC(=O)[C@H](CC)N(Cc1ccccc1C)C(=O)CCCN1C(=O)c2ccccc2C1=O. The van der Waals surface area contributed by atoms with Gasteiger partial charge in [0.15, 0.2) is 0 Å². The van der Waals surface area contributed by atoms with E-state index in [1.165, 1.54) is 4.90 Å². The normalized spacial score (nSPS) is 14.5. The highest BCUT2D eigenvalue weighted by Crippen LogP contribution is 2.23. The standard InChI is InChI=1S/C28H35N3O4/c1-5-20(4)29-26(33)24(6-2)31(18-21-13-8-7-12-19(21)3)25(32)16-11-17-30-27(34)22-14-9-10-15-23(22)28(30)35/h7-10,12-15,20,24H,5-6,11,16-18H2,1-4H3,(H,29,33)/t20-,24-/m0/s1. The number of hydrogen-bond donors (Lipinski definition) is 1. The summed E-state index contributed by atoms with van der Waals surface area (Å²) in [5.74, 6) is -0.983. The fourth-order valence-electron chi connectivity index (χ4n) is 4.31. The molecule has 3 rings (SSSR count). The van der Waals surface area contributed by atoms with Crippen LogP contribution in [-0.2, 0) is 16.1 Å². The predicted octanol–water partition coefficient (Wildman–Crippen LogP) is 4.09. The first kappa shape index (κ1) is 26.1. The second-order valence-corrected chi connectivity index (χ2v) is 9.10. The lowest BCUT2D eigenvalue weighted by Gasteiger charge is -2.32. The first-order valence-corrected chi connectivity index (χ1v) is 12.4. The highest BCUT2D eigenvalue weighted by Gasteiger charge is 2.35. The Bertz CT molecular complexity index is 1060. The molecule has 1 N–H and O–H groups in total. The Kier molecular flexibility index (Phi) is 8.79. The first-order chi connectivity index (χ1) is 16.8. The van der Waals surface area contributed by atoms with Gasteiger partial charge in [0, 0.05) is 25.6 Å². The number of nitrogens with one attached hydrogen (secondary N) is 1. The molecular weight excluding hydrogens is 442 g/mol. The van der Waals surface area contributed by atoms with E-state index in [4.69, 9.17) is 0 Å². The molecule has 0 spiro atoms. The summed E-state index contributed by atoms with van der Waals surface area (Å²) < 4.78 is 0. The van der Waals surface area contributed by atoms with Crippen molar-refractivity contribution in [2.45, 2.75) is 72.0 Å². The van der Waals surface area contributed by atoms with Crippen LogP contribution in [0, 0.1) is 6.92 Å². The molecule has 4 amide bonds. The maximum atomic E-state index is 13.4. The smallest absolute Gasteiger partial charge is 0.261 e. The van der Waals surface area contributed by atoms with Gasteiger partial charge in [0.25, 0.3) is 11.8 Å². The fraction of sp³-hybridized carbons (Fsp3) is 0.429. The molecule has 7 nitrogen and oxygen atoms in total. The molecule has 1 heterocycles. The van der Waals surface area contributed by atoms with Crippen molar-refractivity contribution in [3.05, 3.63) is 70.8 Å². The molecule has 1 aliphatic rings. The van der Waals surface area contributed by atoms with Crippen molar-refractivity contribution in [1.82, 2.24) is 15.1 Å². The Morgan fingerprint density at radius 2 is 1.54 bits per heavy atom. The van der Waals surface area contributed by atoms with Crippen LogP contribution in [0.5, 0.6) is 0 Å². The Balaban J connectivity index is 1.72. The lowest BCUT2D eigenvalue weighted by atomic mass is 10.0. The van der Waals surface area contributed by atoms with Gasteiger partial charge >= 0.3 is 0 Å². The number of imide groups is 1. The van der Waals surface area contributed by atoms with Crippen LogP contribution in [0.3, 0.4) is 0 Å². The summed E-state index contributed by atoms with van der Waals surface area (Å²) in [7, 11) is 0. The van der Waals surface area contributed by atoms with Crippen LogP contribution in [-0.4, -0.2) is 52.1 Å². The molecule has 0 aliphatic carbocycles. The molecule has 2 aromatic carbocycles. The number of nitrogens with zero attached hydrogens (tertiary/aromatic N) is 2. The third kappa shape index (κ3) is 5.96. The zero-order valence-corrected chi connectivity index (χ0v) is 21.0. The van der Waals surface area contributed by atoms with E-state index in [9.17, 15) is 19.2 Å². The lowest BCUT2D eigenvalue weighted by molar-refractivity contribution is -0.141. The second kappa shape index (κ2) is 11.8. The van der Waals surface area contributed by atoms with Gasteiger partial charge in [-0.3, -0.25) is 24.1 Å². The molecule has 0 bridgehead atoms. The van der Waals surface area contributed by atoms with E-state index in [-0.39, 0.29) is 42.6 Å². The molecular formula is C28H35N3O4. The van der Waals surface area contributed by atoms with Crippen LogP contribution in [0.25, 0.3) is 0 Å². The predicted molar refractivity (Wildman–Crippen MR) is 135 cm³/mol. The van der Waals surface area contributed by atoms with Crippen molar-refractivity contribution in [2.24, 2.45) is 0 Å². The molecule has 35 heavy (non-hydrogen) atoms. The Labute approximate surface area is 207 Å². The first-order valence-electron chi connectivity index (χ1n) is 12.4. The van der Waals surface area contributed by atoms with Gasteiger partial charge in [-0.15, -0.1) is 0 Å². The van der Waals surface area contributed by atoms with Crippen LogP contribution in [0.4, 0.5) is 0 Å². The third-order valence-corrected chi connectivity index (χ3v) is 6.64. The highest BCUT2D eigenvalue weighted by atomic mass is 16.2. The molecule has 0 radical (unpaired) electrons. The van der Waals surface area contributed by atoms with Gasteiger partial charge in [-0.1, -0.05) is 50.2 Å². The minimum Gasteiger partial charge on any atom is -0.352 e. The van der Waals surface area contributed by atoms with Crippen molar-refractivity contribution in [2.75, 3.05) is 6.54 Å². The summed E-state index contributed by atoms with van der Waals surface area (Å²) >= 11 is 0. The zero-order chi connectivity index (χ0) is 25.5.